The van der Waals surface area contributed by atoms with Crippen LogP contribution >= 0.6 is 10.7 Å². The third-order valence-electron chi connectivity index (χ3n) is 4.11. The summed E-state index contributed by atoms with van der Waals surface area (Å²) >= 11 is 0. The fourth-order valence-corrected chi connectivity index (χ4v) is 3.67. The van der Waals surface area contributed by atoms with E-state index in [4.69, 9.17) is 10.7 Å². The summed E-state index contributed by atoms with van der Waals surface area (Å²) in [5.74, 6) is 0.489. The van der Waals surface area contributed by atoms with E-state index >= 15 is 0 Å². The Bertz CT molecular complexity index is 639. The van der Waals surface area contributed by atoms with Gasteiger partial charge in [-0.1, -0.05) is 6.92 Å². The Morgan fingerprint density at radius 2 is 2.10 bits per heavy atom. The van der Waals surface area contributed by atoms with Crippen LogP contribution in [0.4, 0.5) is 0 Å². The van der Waals surface area contributed by atoms with Crippen LogP contribution in [0.3, 0.4) is 0 Å². The molecule has 1 saturated heterocycles. The zero-order valence-corrected chi connectivity index (χ0v) is 14.1. The Morgan fingerprint density at radius 3 is 2.62 bits per heavy atom. The normalized spacial score (nSPS) is 23.3. The minimum absolute atomic E-state index is 0.0209. The van der Waals surface area contributed by atoms with Crippen LogP contribution in [0.2, 0.25) is 0 Å². The first-order valence-corrected chi connectivity index (χ1v) is 9.50. The largest absolute Gasteiger partial charge is 0.342 e. The van der Waals surface area contributed by atoms with E-state index in [2.05, 4.69) is 6.92 Å². The number of hydrogen-bond donors (Lipinski definition) is 0. The van der Waals surface area contributed by atoms with Gasteiger partial charge in [-0.05, 0) is 38.7 Å². The average Bonchev–Trinajstić information content (AvgIpc) is 2.82. The number of carbonyl (C=O) groups excluding carboxylic acids is 1. The van der Waals surface area contributed by atoms with Gasteiger partial charge >= 0.3 is 0 Å². The average molecular weight is 333 g/mol. The van der Waals surface area contributed by atoms with Crippen LogP contribution in [0.5, 0.6) is 0 Å². The zero-order chi connectivity index (χ0) is 15.8. The van der Waals surface area contributed by atoms with Gasteiger partial charge in [-0.3, -0.25) is 4.79 Å². The van der Waals surface area contributed by atoms with Crippen molar-refractivity contribution in [3.8, 4) is 0 Å². The van der Waals surface area contributed by atoms with Crippen LogP contribution in [0.25, 0.3) is 0 Å². The molecule has 2 heterocycles. The van der Waals surface area contributed by atoms with Crippen molar-refractivity contribution in [2.75, 3.05) is 6.54 Å². The highest BCUT2D eigenvalue weighted by molar-refractivity contribution is 8.13. The third-order valence-corrected chi connectivity index (χ3v) is 5.43. The first-order chi connectivity index (χ1) is 9.74. The topological polar surface area (TPSA) is 59.4 Å². The van der Waals surface area contributed by atoms with Crippen molar-refractivity contribution in [2.24, 2.45) is 5.92 Å². The molecular formula is C14H21ClN2O3S. The fourth-order valence-electron chi connectivity index (χ4n) is 2.91. The maximum Gasteiger partial charge on any atom is 0.270 e. The number of rotatable bonds is 3. The predicted molar refractivity (Wildman–Crippen MR) is 82.0 cm³/mol. The van der Waals surface area contributed by atoms with Crippen molar-refractivity contribution < 1.29 is 13.2 Å². The zero-order valence-electron chi connectivity index (χ0n) is 12.5. The molecule has 1 fully saturated rings. The Kier molecular flexibility index (Phi) is 4.68. The quantitative estimate of drug-likeness (QED) is 0.800. The number of aryl methyl sites for hydroxylation is 1. The SMILES string of the molecule is CCn1cc(S(=O)(=O)Cl)cc1C(=O)N1CCC(C)CC1C. The summed E-state index contributed by atoms with van der Waals surface area (Å²) < 4.78 is 24.5. The number of hydrogen-bond acceptors (Lipinski definition) is 3. The number of likely N-dealkylation sites (tertiary alicyclic amines) is 1. The number of nitrogens with zero attached hydrogens (tertiary/aromatic N) is 2. The van der Waals surface area contributed by atoms with E-state index in [1.54, 1.807) is 4.57 Å². The summed E-state index contributed by atoms with van der Waals surface area (Å²) in [5.41, 5.74) is 0.387. The van der Waals surface area contributed by atoms with E-state index in [-0.39, 0.29) is 16.8 Å². The molecule has 21 heavy (non-hydrogen) atoms. The maximum absolute atomic E-state index is 12.7. The van der Waals surface area contributed by atoms with Gasteiger partial charge in [0.05, 0.1) is 0 Å². The molecule has 0 N–H and O–H groups in total. The second kappa shape index (κ2) is 6.01. The van der Waals surface area contributed by atoms with Crippen LogP contribution in [-0.4, -0.2) is 36.4 Å². The van der Waals surface area contributed by atoms with E-state index in [0.717, 1.165) is 12.8 Å². The van der Waals surface area contributed by atoms with Gasteiger partial charge in [0.25, 0.3) is 15.0 Å². The molecule has 7 heteroatoms. The van der Waals surface area contributed by atoms with E-state index < -0.39 is 9.05 Å². The fraction of sp³-hybridized carbons (Fsp3) is 0.643. The molecule has 2 rings (SSSR count). The summed E-state index contributed by atoms with van der Waals surface area (Å²) in [7, 11) is 1.55. The molecule has 0 aromatic carbocycles. The van der Waals surface area contributed by atoms with Gasteiger partial charge in [0.15, 0.2) is 0 Å². The number of halogens is 1. The van der Waals surface area contributed by atoms with Crippen molar-refractivity contribution in [3.63, 3.8) is 0 Å². The highest BCUT2D eigenvalue weighted by Crippen LogP contribution is 2.26. The van der Waals surface area contributed by atoms with Gasteiger partial charge in [0, 0.05) is 36.0 Å². The molecule has 0 saturated carbocycles. The van der Waals surface area contributed by atoms with Crippen LogP contribution < -0.4 is 0 Å². The molecule has 1 amide bonds. The number of amides is 1. The highest BCUT2D eigenvalue weighted by Gasteiger charge is 2.30. The first-order valence-electron chi connectivity index (χ1n) is 7.19. The molecule has 5 nitrogen and oxygen atoms in total. The molecule has 0 spiro atoms. The molecule has 118 valence electrons. The molecule has 0 aliphatic carbocycles. The monoisotopic (exact) mass is 332 g/mol. The molecule has 2 unspecified atom stereocenters. The lowest BCUT2D eigenvalue weighted by atomic mass is 9.93. The lowest BCUT2D eigenvalue weighted by Gasteiger charge is -2.36. The van der Waals surface area contributed by atoms with Crippen LogP contribution in [0.1, 0.15) is 44.1 Å². The lowest BCUT2D eigenvalue weighted by molar-refractivity contribution is 0.0577. The highest BCUT2D eigenvalue weighted by atomic mass is 35.7. The van der Waals surface area contributed by atoms with Crippen molar-refractivity contribution in [1.29, 1.82) is 0 Å². The summed E-state index contributed by atoms with van der Waals surface area (Å²) in [4.78, 5) is 14.5. The standard InChI is InChI=1S/C14H21ClN2O3S/c1-4-16-9-12(21(15,19)20)8-13(16)14(18)17-6-5-10(2)7-11(17)3/h8-11H,4-7H2,1-3H3. The summed E-state index contributed by atoms with van der Waals surface area (Å²) in [6.45, 7) is 7.31. The summed E-state index contributed by atoms with van der Waals surface area (Å²) in [5, 5.41) is 0. The van der Waals surface area contributed by atoms with E-state index in [0.29, 0.717) is 24.7 Å². The van der Waals surface area contributed by atoms with E-state index in [1.807, 2.05) is 18.7 Å². The van der Waals surface area contributed by atoms with Gasteiger partial charge < -0.3 is 9.47 Å². The Balaban J connectivity index is 2.33. The van der Waals surface area contributed by atoms with E-state index in [9.17, 15) is 13.2 Å². The smallest absolute Gasteiger partial charge is 0.270 e. The Labute approximate surface area is 130 Å². The summed E-state index contributed by atoms with van der Waals surface area (Å²) in [6, 6.07) is 1.54. The van der Waals surface area contributed by atoms with Crippen molar-refractivity contribution >= 4 is 25.6 Å². The van der Waals surface area contributed by atoms with Gasteiger partial charge in [0.2, 0.25) is 0 Å². The number of aromatic nitrogens is 1. The van der Waals surface area contributed by atoms with Crippen molar-refractivity contribution in [2.45, 2.75) is 51.1 Å². The van der Waals surface area contributed by atoms with Crippen LogP contribution in [0, 0.1) is 5.92 Å². The Hall–Kier alpha value is -1.01. The number of piperidine rings is 1. The molecule has 2 atom stereocenters. The second-order valence-corrected chi connectivity index (χ2v) is 8.33. The van der Waals surface area contributed by atoms with Crippen molar-refractivity contribution in [1.82, 2.24) is 9.47 Å². The molecule has 1 aliphatic heterocycles. The molecule has 0 bridgehead atoms. The van der Waals surface area contributed by atoms with E-state index in [1.165, 1.54) is 12.3 Å². The van der Waals surface area contributed by atoms with Crippen molar-refractivity contribution in [3.05, 3.63) is 18.0 Å². The second-order valence-electron chi connectivity index (χ2n) is 5.76. The minimum Gasteiger partial charge on any atom is -0.342 e. The van der Waals surface area contributed by atoms with Gasteiger partial charge in [-0.15, -0.1) is 0 Å². The molecule has 1 aromatic heterocycles. The molecular weight excluding hydrogens is 312 g/mol. The molecule has 1 aromatic rings. The first kappa shape index (κ1) is 16.4. The molecule has 1 aliphatic rings. The minimum atomic E-state index is -3.82. The summed E-state index contributed by atoms with van der Waals surface area (Å²) in [6.07, 6.45) is 3.37. The lowest BCUT2D eigenvalue weighted by Crippen LogP contribution is -2.44. The van der Waals surface area contributed by atoms with Crippen LogP contribution in [-0.2, 0) is 15.6 Å². The third kappa shape index (κ3) is 3.43. The van der Waals surface area contributed by atoms with Gasteiger partial charge in [-0.2, -0.15) is 0 Å². The number of carbonyl (C=O) groups is 1. The van der Waals surface area contributed by atoms with Gasteiger partial charge in [0.1, 0.15) is 10.6 Å². The molecule has 0 radical (unpaired) electrons. The van der Waals surface area contributed by atoms with Gasteiger partial charge in [-0.25, -0.2) is 8.42 Å². The predicted octanol–water partition coefficient (Wildman–Crippen LogP) is 2.70. The Morgan fingerprint density at radius 1 is 1.43 bits per heavy atom. The van der Waals surface area contributed by atoms with Crippen LogP contribution in [0.15, 0.2) is 17.2 Å². The maximum atomic E-state index is 12.7.